The lowest BCUT2D eigenvalue weighted by molar-refractivity contribution is 0.0945. The van der Waals surface area contributed by atoms with Crippen LogP contribution in [0.1, 0.15) is 28.8 Å². The molecular formula is C18H18N4O5S2. The molecule has 1 aliphatic rings. The van der Waals surface area contributed by atoms with Crippen LogP contribution in [0.15, 0.2) is 58.3 Å². The maximum absolute atomic E-state index is 12.6. The van der Waals surface area contributed by atoms with Crippen LogP contribution in [0, 0.1) is 11.3 Å². The minimum Gasteiger partial charge on any atom is -0.273 e. The summed E-state index contributed by atoms with van der Waals surface area (Å²) in [7, 11) is -7.76. The molecule has 1 fully saturated rings. The van der Waals surface area contributed by atoms with Crippen molar-refractivity contribution in [2.75, 3.05) is 13.1 Å². The molecule has 2 N–H and O–H groups in total. The number of benzene rings is 2. The second-order valence-electron chi connectivity index (χ2n) is 6.33. The minimum atomic E-state index is -4.06. The maximum atomic E-state index is 12.6. The number of hydrogen-bond donors (Lipinski definition) is 2. The zero-order valence-corrected chi connectivity index (χ0v) is 16.8. The quantitative estimate of drug-likeness (QED) is 0.650. The van der Waals surface area contributed by atoms with Gasteiger partial charge in [-0.3, -0.25) is 10.2 Å². The van der Waals surface area contributed by atoms with Crippen LogP contribution in [0.4, 0.5) is 0 Å². The van der Waals surface area contributed by atoms with Crippen molar-refractivity contribution < 1.29 is 21.6 Å². The Morgan fingerprint density at radius 3 is 2.24 bits per heavy atom. The van der Waals surface area contributed by atoms with Gasteiger partial charge in [0.05, 0.1) is 21.4 Å². The highest BCUT2D eigenvalue weighted by Gasteiger charge is 2.27. The van der Waals surface area contributed by atoms with E-state index in [-0.39, 0.29) is 15.4 Å². The van der Waals surface area contributed by atoms with Crippen LogP contribution in [-0.2, 0) is 20.0 Å². The van der Waals surface area contributed by atoms with Gasteiger partial charge in [-0.2, -0.15) is 9.57 Å². The monoisotopic (exact) mass is 434 g/mol. The summed E-state index contributed by atoms with van der Waals surface area (Å²) in [5.74, 6) is -0.805. The van der Waals surface area contributed by atoms with E-state index >= 15 is 0 Å². The van der Waals surface area contributed by atoms with Crippen molar-refractivity contribution in [1.82, 2.24) is 14.6 Å². The highest BCUT2D eigenvalue weighted by molar-refractivity contribution is 7.89. The summed E-state index contributed by atoms with van der Waals surface area (Å²) in [5, 5.41) is 8.76. The third-order valence-corrected chi connectivity index (χ3v) is 7.55. The standard InChI is InChI=1S/C18H18N4O5S2/c19-13-14-6-8-16(9-7-14)28(24,25)21-20-18(23)15-4-3-5-17(12-15)29(26,27)22-10-1-2-11-22/h3-9,12,21H,1-2,10-11H2,(H,20,23). The van der Waals surface area contributed by atoms with Gasteiger partial charge in [-0.25, -0.2) is 16.8 Å². The number of sulfonamides is 2. The molecule has 0 aromatic heterocycles. The number of hydrogen-bond acceptors (Lipinski definition) is 6. The van der Waals surface area contributed by atoms with Gasteiger partial charge in [0.15, 0.2) is 0 Å². The van der Waals surface area contributed by atoms with E-state index in [4.69, 9.17) is 5.26 Å². The lowest BCUT2D eigenvalue weighted by Crippen LogP contribution is -2.41. The predicted octanol–water partition coefficient (Wildman–Crippen LogP) is 0.966. The molecule has 0 spiro atoms. The number of amides is 1. The molecule has 1 amide bonds. The van der Waals surface area contributed by atoms with Crippen molar-refractivity contribution in [2.24, 2.45) is 0 Å². The Bertz CT molecular complexity index is 1160. The Balaban J connectivity index is 1.73. The first-order valence-corrected chi connectivity index (χ1v) is 11.6. The van der Waals surface area contributed by atoms with E-state index in [9.17, 15) is 21.6 Å². The molecule has 0 bridgehead atoms. The largest absolute Gasteiger partial charge is 0.273 e. The fourth-order valence-electron chi connectivity index (χ4n) is 2.83. The summed E-state index contributed by atoms with van der Waals surface area (Å²) in [4.78, 5) is 14.1. The van der Waals surface area contributed by atoms with Crippen molar-refractivity contribution in [2.45, 2.75) is 22.6 Å². The third-order valence-electron chi connectivity index (χ3n) is 4.39. The molecule has 2 aromatic carbocycles. The fourth-order valence-corrected chi connectivity index (χ4v) is 5.23. The Morgan fingerprint density at radius 1 is 0.966 bits per heavy atom. The van der Waals surface area contributed by atoms with Gasteiger partial charge < -0.3 is 0 Å². The van der Waals surface area contributed by atoms with Crippen LogP contribution in [0.5, 0.6) is 0 Å². The molecule has 2 aromatic rings. The zero-order chi connectivity index (χ0) is 21.1. The molecule has 0 saturated carbocycles. The molecule has 1 saturated heterocycles. The summed E-state index contributed by atoms with van der Waals surface area (Å²) in [6.45, 7) is 0.867. The lowest BCUT2D eigenvalue weighted by atomic mass is 10.2. The number of nitrogens with one attached hydrogen (secondary N) is 2. The topological polar surface area (TPSA) is 136 Å². The molecule has 0 radical (unpaired) electrons. The number of nitriles is 1. The first-order valence-electron chi connectivity index (χ1n) is 8.66. The van der Waals surface area contributed by atoms with E-state index in [0.29, 0.717) is 18.7 Å². The third kappa shape index (κ3) is 4.63. The second-order valence-corrected chi connectivity index (χ2v) is 9.96. The van der Waals surface area contributed by atoms with Crippen molar-refractivity contribution in [1.29, 1.82) is 5.26 Å². The molecule has 0 unspecified atom stereocenters. The smallest absolute Gasteiger partial charge is 0.266 e. The van der Waals surface area contributed by atoms with Crippen molar-refractivity contribution in [3.63, 3.8) is 0 Å². The highest BCUT2D eigenvalue weighted by Crippen LogP contribution is 2.21. The van der Waals surface area contributed by atoms with E-state index in [1.165, 1.54) is 52.8 Å². The molecule has 1 heterocycles. The second kappa shape index (κ2) is 8.30. The van der Waals surface area contributed by atoms with E-state index in [1.54, 1.807) is 0 Å². The number of carbonyl (C=O) groups is 1. The summed E-state index contributed by atoms with van der Waals surface area (Å²) >= 11 is 0. The normalized spacial score (nSPS) is 15.0. The summed E-state index contributed by atoms with van der Waals surface area (Å²) < 4.78 is 51.1. The van der Waals surface area contributed by atoms with E-state index < -0.39 is 26.0 Å². The summed E-state index contributed by atoms with van der Waals surface area (Å²) in [5.41, 5.74) is 2.35. The van der Waals surface area contributed by atoms with Crippen LogP contribution < -0.4 is 10.3 Å². The minimum absolute atomic E-state index is 0.00667. The SMILES string of the molecule is N#Cc1ccc(S(=O)(=O)NNC(=O)c2cccc(S(=O)(=O)N3CCCC3)c2)cc1. The molecule has 3 rings (SSSR count). The number of nitrogens with zero attached hydrogens (tertiary/aromatic N) is 2. The molecular weight excluding hydrogens is 416 g/mol. The van der Waals surface area contributed by atoms with E-state index in [2.05, 4.69) is 5.43 Å². The van der Waals surface area contributed by atoms with Crippen molar-refractivity contribution >= 4 is 26.0 Å². The van der Waals surface area contributed by atoms with Gasteiger partial charge in [0, 0.05) is 18.7 Å². The highest BCUT2D eigenvalue weighted by atomic mass is 32.2. The molecule has 11 heteroatoms. The maximum Gasteiger partial charge on any atom is 0.266 e. The number of rotatable bonds is 6. The van der Waals surface area contributed by atoms with Gasteiger partial charge in [-0.15, -0.1) is 4.83 Å². The van der Waals surface area contributed by atoms with Gasteiger partial charge in [-0.1, -0.05) is 6.07 Å². The molecule has 0 aliphatic carbocycles. The number of hydrazine groups is 1. The van der Waals surface area contributed by atoms with Crippen LogP contribution in [0.3, 0.4) is 0 Å². The van der Waals surface area contributed by atoms with Crippen molar-refractivity contribution in [3.05, 3.63) is 59.7 Å². The predicted molar refractivity (Wildman–Crippen MR) is 103 cm³/mol. The van der Waals surface area contributed by atoms with Gasteiger partial charge in [0.2, 0.25) is 10.0 Å². The molecule has 29 heavy (non-hydrogen) atoms. The Kier molecular flexibility index (Phi) is 5.99. The number of carbonyl (C=O) groups excluding carboxylic acids is 1. The average Bonchev–Trinajstić information content (AvgIpc) is 3.28. The summed E-state index contributed by atoms with van der Waals surface area (Å²) in [6.07, 6.45) is 1.58. The zero-order valence-electron chi connectivity index (χ0n) is 15.2. The average molecular weight is 434 g/mol. The fraction of sp³-hybridized carbons (Fsp3) is 0.222. The van der Waals surface area contributed by atoms with Gasteiger partial charge in [0.1, 0.15) is 0 Å². The van der Waals surface area contributed by atoms with Crippen molar-refractivity contribution in [3.8, 4) is 6.07 Å². The van der Waals surface area contributed by atoms with Gasteiger partial charge >= 0.3 is 0 Å². The molecule has 1 aliphatic heterocycles. The lowest BCUT2D eigenvalue weighted by Gasteiger charge is -2.16. The molecule has 0 atom stereocenters. The van der Waals surface area contributed by atoms with Gasteiger partial charge in [-0.05, 0) is 55.3 Å². The summed E-state index contributed by atoms with van der Waals surface area (Å²) in [6, 6.07) is 12.4. The van der Waals surface area contributed by atoms with Crippen LogP contribution in [-0.4, -0.2) is 40.1 Å². The van der Waals surface area contributed by atoms with Gasteiger partial charge in [0.25, 0.3) is 15.9 Å². The van der Waals surface area contributed by atoms with E-state index in [1.807, 2.05) is 10.9 Å². The van der Waals surface area contributed by atoms with Crippen LogP contribution in [0.25, 0.3) is 0 Å². The van der Waals surface area contributed by atoms with Crippen LogP contribution in [0.2, 0.25) is 0 Å². The Morgan fingerprint density at radius 2 is 1.62 bits per heavy atom. The molecule has 152 valence electrons. The van der Waals surface area contributed by atoms with Crippen LogP contribution >= 0.6 is 0 Å². The Labute approximate surface area is 169 Å². The first-order chi connectivity index (χ1) is 13.7. The molecule has 9 nitrogen and oxygen atoms in total. The Hall–Kier alpha value is -2.78. The van der Waals surface area contributed by atoms with E-state index in [0.717, 1.165) is 12.8 Å². The first kappa shape index (κ1) is 20.9.